The van der Waals surface area contributed by atoms with E-state index in [0.29, 0.717) is 6.67 Å². The van der Waals surface area contributed by atoms with Gasteiger partial charge in [-0.15, -0.1) is 0 Å². The molecular formula is C63H62N4O. The van der Waals surface area contributed by atoms with Crippen LogP contribution in [0.25, 0.3) is 27.6 Å². The molecule has 0 amide bonds. The first kappa shape index (κ1) is 44.5. The molecule has 7 aromatic carbocycles. The fourth-order valence-corrected chi connectivity index (χ4v) is 9.89. The standard InChI is InChI=1S/C63H62N4O/c1-60(2,3)48-36-52(66-34-33-65(43-66)51-37-49(62(6,7)45-23-15-11-16-24-45)35-50(38-51)63(8,9)46-25-17-12-18-26-46)41-54(39-48)68-53-29-30-56-55-27-19-20-28-57(55)67(58(56)42-53)59-40-47(31-32-64-59)61(4,5)44-21-13-10-14-22-44/h10-42H,43H2,1-9H3. The van der Waals surface area contributed by atoms with E-state index in [1.807, 2.05) is 6.20 Å². The van der Waals surface area contributed by atoms with E-state index in [1.54, 1.807) is 0 Å². The topological polar surface area (TPSA) is 33.5 Å². The van der Waals surface area contributed by atoms with Gasteiger partial charge in [-0.2, -0.15) is 0 Å². The molecule has 68 heavy (non-hydrogen) atoms. The van der Waals surface area contributed by atoms with Gasteiger partial charge in [-0.05, 0) is 99.0 Å². The van der Waals surface area contributed by atoms with Crippen molar-refractivity contribution in [3.8, 4) is 17.3 Å². The summed E-state index contributed by atoms with van der Waals surface area (Å²) in [5.41, 5.74) is 12.5. The van der Waals surface area contributed by atoms with Crippen LogP contribution in [0.3, 0.4) is 0 Å². The van der Waals surface area contributed by atoms with Crippen molar-refractivity contribution in [2.24, 2.45) is 0 Å². The van der Waals surface area contributed by atoms with E-state index in [0.717, 1.165) is 39.4 Å². The maximum atomic E-state index is 6.95. The predicted molar refractivity (Wildman–Crippen MR) is 285 cm³/mol. The Balaban J connectivity index is 0.999. The van der Waals surface area contributed by atoms with Crippen LogP contribution in [0.15, 0.2) is 201 Å². The minimum Gasteiger partial charge on any atom is -0.457 e. The number of benzene rings is 7. The highest BCUT2D eigenvalue weighted by atomic mass is 16.5. The number of para-hydroxylation sites is 1. The van der Waals surface area contributed by atoms with Crippen LogP contribution in [-0.2, 0) is 21.7 Å². The number of aromatic nitrogens is 2. The second-order valence-corrected chi connectivity index (χ2v) is 21.1. The Bertz CT molecular complexity index is 3230. The van der Waals surface area contributed by atoms with Crippen LogP contribution in [0.2, 0.25) is 0 Å². The first-order valence-electron chi connectivity index (χ1n) is 24.0. The first-order valence-corrected chi connectivity index (χ1v) is 24.0. The molecule has 0 aliphatic carbocycles. The average Bonchev–Trinajstić information content (AvgIpc) is 3.98. The van der Waals surface area contributed by atoms with E-state index >= 15 is 0 Å². The molecule has 0 unspecified atom stereocenters. The minimum absolute atomic E-state index is 0.118. The highest BCUT2D eigenvalue weighted by molar-refractivity contribution is 6.09. The van der Waals surface area contributed by atoms with Crippen molar-refractivity contribution in [1.29, 1.82) is 0 Å². The molecule has 5 heteroatoms. The lowest BCUT2D eigenvalue weighted by Crippen LogP contribution is -2.27. The molecule has 0 radical (unpaired) electrons. The van der Waals surface area contributed by atoms with E-state index in [4.69, 9.17) is 9.72 Å². The third-order valence-electron chi connectivity index (χ3n) is 14.6. The number of rotatable bonds is 11. The Hall–Kier alpha value is -7.37. The molecule has 0 fully saturated rings. The molecule has 2 aromatic heterocycles. The van der Waals surface area contributed by atoms with Crippen LogP contribution in [0, 0.1) is 0 Å². The van der Waals surface area contributed by atoms with Crippen LogP contribution in [0.5, 0.6) is 11.5 Å². The Kier molecular flexibility index (Phi) is 11.2. The van der Waals surface area contributed by atoms with E-state index < -0.39 is 0 Å². The molecule has 0 saturated carbocycles. The van der Waals surface area contributed by atoms with Crippen molar-refractivity contribution in [3.63, 3.8) is 0 Å². The molecule has 0 bridgehead atoms. The van der Waals surface area contributed by atoms with Gasteiger partial charge < -0.3 is 14.5 Å². The lowest BCUT2D eigenvalue weighted by atomic mass is 9.73. The number of anilines is 2. The van der Waals surface area contributed by atoms with E-state index in [1.165, 1.54) is 50.0 Å². The van der Waals surface area contributed by atoms with Gasteiger partial charge in [0.1, 0.15) is 17.3 Å². The quantitative estimate of drug-likeness (QED) is 0.130. The lowest BCUT2D eigenvalue weighted by Gasteiger charge is -2.33. The van der Waals surface area contributed by atoms with Gasteiger partial charge in [0.2, 0.25) is 0 Å². The fraction of sp³-hybridized carbons (Fsp3) is 0.222. The van der Waals surface area contributed by atoms with Crippen molar-refractivity contribution < 1.29 is 4.74 Å². The van der Waals surface area contributed by atoms with E-state index in [2.05, 4.69) is 271 Å². The normalized spacial score (nSPS) is 13.5. The first-order chi connectivity index (χ1) is 32.6. The summed E-state index contributed by atoms with van der Waals surface area (Å²) in [6, 6.07) is 65.8. The number of nitrogens with zero attached hydrogens (tertiary/aromatic N) is 4. The molecule has 9 aromatic rings. The zero-order chi connectivity index (χ0) is 47.4. The summed E-state index contributed by atoms with van der Waals surface area (Å²) < 4.78 is 9.23. The summed E-state index contributed by atoms with van der Waals surface area (Å²) in [4.78, 5) is 9.69. The van der Waals surface area contributed by atoms with Gasteiger partial charge >= 0.3 is 0 Å². The number of pyridine rings is 1. The maximum absolute atomic E-state index is 6.95. The van der Waals surface area contributed by atoms with Gasteiger partial charge in [-0.1, -0.05) is 178 Å². The molecule has 3 heterocycles. The molecule has 5 nitrogen and oxygen atoms in total. The Labute approximate surface area is 403 Å². The summed E-state index contributed by atoms with van der Waals surface area (Å²) in [5, 5.41) is 2.33. The van der Waals surface area contributed by atoms with Gasteiger partial charge in [0.05, 0.1) is 17.7 Å². The molecule has 340 valence electrons. The van der Waals surface area contributed by atoms with Crippen LogP contribution < -0.4 is 14.5 Å². The largest absolute Gasteiger partial charge is 0.457 e. The van der Waals surface area contributed by atoms with Crippen LogP contribution in [0.1, 0.15) is 101 Å². The van der Waals surface area contributed by atoms with Crippen molar-refractivity contribution in [1.82, 2.24) is 9.55 Å². The van der Waals surface area contributed by atoms with Gasteiger partial charge in [0.15, 0.2) is 0 Å². The summed E-state index contributed by atoms with van der Waals surface area (Å²) >= 11 is 0. The van der Waals surface area contributed by atoms with Crippen molar-refractivity contribution in [3.05, 3.63) is 240 Å². The van der Waals surface area contributed by atoms with E-state index in [-0.39, 0.29) is 21.7 Å². The summed E-state index contributed by atoms with van der Waals surface area (Å²) in [6.45, 7) is 21.4. The molecule has 0 atom stereocenters. The molecule has 10 rings (SSSR count). The number of hydrogen-bond acceptors (Lipinski definition) is 4. The summed E-state index contributed by atoms with van der Waals surface area (Å²) in [7, 11) is 0. The number of ether oxygens (including phenoxy) is 1. The van der Waals surface area contributed by atoms with Crippen molar-refractivity contribution >= 4 is 33.2 Å². The summed E-state index contributed by atoms with van der Waals surface area (Å²) in [6.07, 6.45) is 6.36. The Morgan fingerprint density at radius 2 is 0.897 bits per heavy atom. The fourth-order valence-electron chi connectivity index (χ4n) is 9.89. The summed E-state index contributed by atoms with van der Waals surface area (Å²) in [5.74, 6) is 2.44. The zero-order valence-corrected chi connectivity index (χ0v) is 41.0. The highest BCUT2D eigenvalue weighted by Crippen LogP contribution is 2.43. The average molecular weight is 891 g/mol. The smallest absolute Gasteiger partial charge is 0.137 e. The monoisotopic (exact) mass is 890 g/mol. The molecule has 1 aliphatic heterocycles. The number of fused-ring (bicyclic) bond motifs is 3. The van der Waals surface area contributed by atoms with Crippen molar-refractivity contribution in [2.75, 3.05) is 16.5 Å². The third-order valence-corrected chi connectivity index (χ3v) is 14.6. The van der Waals surface area contributed by atoms with Gasteiger partial charge in [-0.3, -0.25) is 4.57 Å². The second kappa shape index (κ2) is 17.1. The molecule has 0 spiro atoms. The van der Waals surface area contributed by atoms with Crippen LogP contribution in [0.4, 0.5) is 11.4 Å². The minimum atomic E-state index is -0.216. The van der Waals surface area contributed by atoms with Gasteiger partial charge in [0, 0.05) is 69.1 Å². The SMILES string of the molecule is CC(C)(C)c1cc(Oc2ccc3c4ccccc4n(-c4cc(C(C)(C)c5ccccc5)ccn4)c3c2)cc(N2C=CN(c3cc(C(C)(C)c4ccccc4)cc(C(C)(C)c4ccccc4)c3)C2)c1. The third kappa shape index (κ3) is 8.25. The van der Waals surface area contributed by atoms with Gasteiger partial charge in [-0.25, -0.2) is 4.98 Å². The van der Waals surface area contributed by atoms with Crippen LogP contribution >= 0.6 is 0 Å². The molecule has 1 aliphatic rings. The predicted octanol–water partition coefficient (Wildman–Crippen LogP) is 16.0. The highest BCUT2D eigenvalue weighted by Gasteiger charge is 2.31. The Morgan fingerprint density at radius 3 is 1.47 bits per heavy atom. The molecule has 0 saturated heterocycles. The second-order valence-electron chi connectivity index (χ2n) is 21.1. The molecule has 0 N–H and O–H groups in total. The number of hydrogen-bond donors (Lipinski definition) is 0. The maximum Gasteiger partial charge on any atom is 0.137 e. The van der Waals surface area contributed by atoms with Crippen molar-refractivity contribution in [2.45, 2.75) is 84.0 Å². The molecular weight excluding hydrogens is 829 g/mol. The lowest BCUT2D eigenvalue weighted by molar-refractivity contribution is 0.479. The zero-order valence-electron chi connectivity index (χ0n) is 41.0. The Morgan fingerprint density at radius 1 is 0.397 bits per heavy atom. The van der Waals surface area contributed by atoms with E-state index in [9.17, 15) is 0 Å². The van der Waals surface area contributed by atoms with Crippen LogP contribution in [-0.4, -0.2) is 16.2 Å². The van der Waals surface area contributed by atoms with Gasteiger partial charge in [0.25, 0.3) is 0 Å².